The number of aromatic nitrogens is 4. The molecule has 2 aromatic heterocycles. The van der Waals surface area contributed by atoms with Gasteiger partial charge in [0.05, 0.1) is 27.8 Å². The fourth-order valence-corrected chi connectivity index (χ4v) is 4.75. The predicted octanol–water partition coefficient (Wildman–Crippen LogP) is 3.78. The minimum Gasteiger partial charge on any atom is -0.465 e. The van der Waals surface area contributed by atoms with Gasteiger partial charge in [-0.25, -0.2) is 9.78 Å². The highest BCUT2D eigenvalue weighted by Gasteiger charge is 2.56. The summed E-state index contributed by atoms with van der Waals surface area (Å²) < 4.78 is 1.45. The number of hydrogen-bond donors (Lipinski definition) is 2. The van der Waals surface area contributed by atoms with E-state index >= 15 is 0 Å². The van der Waals surface area contributed by atoms with E-state index in [1.807, 2.05) is 20.8 Å². The lowest BCUT2D eigenvalue weighted by Crippen LogP contribution is -2.55. The van der Waals surface area contributed by atoms with Crippen LogP contribution < -0.4 is 5.56 Å². The maximum Gasteiger partial charge on any atom is 0.408 e. The van der Waals surface area contributed by atoms with Crippen LogP contribution in [0.3, 0.4) is 0 Å². The van der Waals surface area contributed by atoms with Crippen LogP contribution in [0.1, 0.15) is 39.4 Å². The van der Waals surface area contributed by atoms with Crippen molar-refractivity contribution in [1.82, 2.24) is 24.6 Å². The Morgan fingerprint density at radius 1 is 1.34 bits per heavy atom. The molecule has 3 heterocycles. The molecule has 0 radical (unpaired) electrons. The molecule has 1 aliphatic heterocycles. The predicted molar refractivity (Wildman–Crippen MR) is 110 cm³/mol. The van der Waals surface area contributed by atoms with Gasteiger partial charge in [0.2, 0.25) is 0 Å². The van der Waals surface area contributed by atoms with Crippen LogP contribution >= 0.6 is 11.6 Å². The number of carboxylic acid groups (broad SMARTS) is 1. The van der Waals surface area contributed by atoms with Crippen molar-refractivity contribution in [1.29, 1.82) is 0 Å². The average Bonchev–Trinajstić information content (AvgIpc) is 3.31. The molecule has 0 saturated carbocycles. The van der Waals surface area contributed by atoms with Crippen LogP contribution in [0.25, 0.3) is 16.6 Å². The summed E-state index contributed by atoms with van der Waals surface area (Å²) in [5, 5.41) is 17.3. The molecule has 1 amide bonds. The second kappa shape index (κ2) is 6.59. The number of nitrogens with one attached hydrogen (secondary N) is 1. The van der Waals surface area contributed by atoms with E-state index in [4.69, 9.17) is 16.6 Å². The normalized spacial score (nSPS) is 19.8. The Balaban J connectivity index is 2.19. The van der Waals surface area contributed by atoms with E-state index in [1.54, 1.807) is 24.4 Å². The number of nitrogens with zero attached hydrogens (tertiary/aromatic N) is 4. The van der Waals surface area contributed by atoms with E-state index in [0.29, 0.717) is 46.8 Å². The number of likely N-dealkylation sites (tertiary alicyclic amines) is 1. The quantitative estimate of drug-likeness (QED) is 0.662. The first-order valence-electron chi connectivity index (χ1n) is 9.40. The lowest BCUT2D eigenvalue weighted by atomic mass is 9.70. The van der Waals surface area contributed by atoms with E-state index < -0.39 is 17.0 Å². The maximum absolute atomic E-state index is 13.6. The smallest absolute Gasteiger partial charge is 0.408 e. The summed E-state index contributed by atoms with van der Waals surface area (Å²) in [6.45, 7) is 6.30. The van der Waals surface area contributed by atoms with E-state index in [2.05, 4.69) is 10.2 Å². The third-order valence-corrected chi connectivity index (χ3v) is 6.13. The second-order valence-corrected chi connectivity index (χ2v) is 8.72. The lowest BCUT2D eigenvalue weighted by molar-refractivity contribution is 0.0193. The highest BCUT2D eigenvalue weighted by Crippen LogP contribution is 2.51. The van der Waals surface area contributed by atoms with Crippen LogP contribution in [0.4, 0.5) is 4.79 Å². The molecule has 8 nitrogen and oxygen atoms in total. The van der Waals surface area contributed by atoms with Gasteiger partial charge in [0.1, 0.15) is 11.4 Å². The van der Waals surface area contributed by atoms with Crippen LogP contribution in [0, 0.1) is 5.41 Å². The Morgan fingerprint density at radius 3 is 2.72 bits per heavy atom. The molecule has 0 aliphatic carbocycles. The molecule has 1 aromatic carbocycles. The Labute approximate surface area is 172 Å². The molecule has 29 heavy (non-hydrogen) atoms. The number of halogens is 1. The maximum atomic E-state index is 13.6. The molecule has 9 heteroatoms. The van der Waals surface area contributed by atoms with E-state index in [0.717, 1.165) is 0 Å². The SMILES string of the molecule is CC(C)(C)[C@]1(c2nc3cccc(Cl)c3c(=O)n2-c2cn[nH]c2)CCCN1C(=O)O. The van der Waals surface area contributed by atoms with Crippen LogP contribution in [-0.2, 0) is 5.54 Å². The third-order valence-electron chi connectivity index (χ3n) is 5.81. The lowest BCUT2D eigenvalue weighted by Gasteiger charge is -2.47. The summed E-state index contributed by atoms with van der Waals surface area (Å²) >= 11 is 6.33. The van der Waals surface area contributed by atoms with Gasteiger partial charge in [-0.1, -0.05) is 38.4 Å². The Bertz CT molecular complexity index is 1150. The zero-order chi connectivity index (χ0) is 21.0. The van der Waals surface area contributed by atoms with E-state index in [1.165, 1.54) is 15.7 Å². The molecule has 3 aromatic rings. The fourth-order valence-electron chi connectivity index (χ4n) is 4.50. The Morgan fingerprint density at radius 2 is 2.10 bits per heavy atom. The number of amides is 1. The van der Waals surface area contributed by atoms with Crippen molar-refractivity contribution in [3.8, 4) is 5.69 Å². The van der Waals surface area contributed by atoms with Crippen molar-refractivity contribution in [2.45, 2.75) is 39.2 Å². The van der Waals surface area contributed by atoms with Crippen LogP contribution in [0.5, 0.6) is 0 Å². The number of carbonyl (C=O) groups is 1. The van der Waals surface area contributed by atoms with Crippen molar-refractivity contribution in [2.75, 3.05) is 6.54 Å². The molecule has 152 valence electrons. The highest BCUT2D eigenvalue weighted by atomic mass is 35.5. The fraction of sp³-hybridized carbons (Fsp3) is 0.400. The van der Waals surface area contributed by atoms with Crippen molar-refractivity contribution in [3.05, 3.63) is 51.8 Å². The number of H-pyrrole nitrogens is 1. The number of hydrogen-bond acceptors (Lipinski definition) is 4. The van der Waals surface area contributed by atoms with E-state index in [9.17, 15) is 14.7 Å². The minimum absolute atomic E-state index is 0.294. The number of aromatic amines is 1. The van der Waals surface area contributed by atoms with Gasteiger partial charge < -0.3 is 5.11 Å². The zero-order valence-corrected chi connectivity index (χ0v) is 17.2. The van der Waals surface area contributed by atoms with Crippen LogP contribution in [-0.4, -0.2) is 42.4 Å². The van der Waals surface area contributed by atoms with E-state index in [-0.39, 0.29) is 5.56 Å². The Hall–Kier alpha value is -2.87. The van der Waals surface area contributed by atoms with Crippen LogP contribution in [0.15, 0.2) is 35.4 Å². The Kier molecular flexibility index (Phi) is 4.42. The topological polar surface area (TPSA) is 104 Å². The molecular weight excluding hydrogens is 394 g/mol. The van der Waals surface area contributed by atoms with Gasteiger partial charge in [-0.3, -0.25) is 19.4 Å². The first-order chi connectivity index (χ1) is 13.7. The molecule has 1 saturated heterocycles. The summed E-state index contributed by atoms with van der Waals surface area (Å²) in [5.74, 6) is 0.381. The first kappa shape index (κ1) is 19.4. The van der Waals surface area contributed by atoms with Gasteiger partial charge in [0.25, 0.3) is 5.56 Å². The molecule has 4 rings (SSSR count). The van der Waals surface area contributed by atoms with Gasteiger partial charge in [0, 0.05) is 12.7 Å². The van der Waals surface area contributed by atoms with Crippen molar-refractivity contribution < 1.29 is 9.90 Å². The molecule has 1 fully saturated rings. The summed E-state index contributed by atoms with van der Waals surface area (Å²) in [5.41, 5.74) is -0.943. The molecule has 0 spiro atoms. The summed E-state index contributed by atoms with van der Waals surface area (Å²) in [6, 6.07) is 5.10. The summed E-state index contributed by atoms with van der Waals surface area (Å²) in [4.78, 5) is 32.1. The third kappa shape index (κ3) is 2.73. The second-order valence-electron chi connectivity index (χ2n) is 8.31. The zero-order valence-electron chi connectivity index (χ0n) is 16.4. The molecule has 1 atom stereocenters. The van der Waals surface area contributed by atoms with Crippen molar-refractivity contribution in [2.24, 2.45) is 5.41 Å². The summed E-state index contributed by atoms with van der Waals surface area (Å²) in [6.07, 6.45) is 3.31. The van der Waals surface area contributed by atoms with Crippen LogP contribution in [0.2, 0.25) is 5.02 Å². The van der Waals surface area contributed by atoms with Crippen molar-refractivity contribution >= 4 is 28.6 Å². The molecule has 0 unspecified atom stereocenters. The van der Waals surface area contributed by atoms with Gasteiger partial charge >= 0.3 is 6.09 Å². The number of benzene rings is 1. The standard InChI is InChI=1S/C20H22ClN5O3/c1-19(2,3)20(8-5-9-25(20)18(28)29)17-24-14-7-4-6-13(21)15(14)16(27)26(17)12-10-22-23-11-12/h4,6-7,10-11H,5,8-9H2,1-3H3,(H,22,23)(H,28,29)/t20-/m1/s1. The molecule has 1 aliphatic rings. The van der Waals surface area contributed by atoms with Gasteiger partial charge in [-0.15, -0.1) is 0 Å². The average molecular weight is 416 g/mol. The largest absolute Gasteiger partial charge is 0.465 e. The van der Waals surface area contributed by atoms with Crippen molar-refractivity contribution in [3.63, 3.8) is 0 Å². The number of fused-ring (bicyclic) bond motifs is 1. The number of rotatable bonds is 2. The van der Waals surface area contributed by atoms with Gasteiger partial charge in [-0.05, 0) is 30.4 Å². The molecule has 2 N–H and O–H groups in total. The highest BCUT2D eigenvalue weighted by molar-refractivity contribution is 6.35. The first-order valence-corrected chi connectivity index (χ1v) is 9.78. The summed E-state index contributed by atoms with van der Waals surface area (Å²) in [7, 11) is 0. The monoisotopic (exact) mass is 415 g/mol. The minimum atomic E-state index is -1.03. The molecular formula is C20H22ClN5O3. The van der Waals surface area contributed by atoms with Gasteiger partial charge in [-0.2, -0.15) is 5.10 Å². The molecule has 0 bridgehead atoms. The van der Waals surface area contributed by atoms with Gasteiger partial charge in [0.15, 0.2) is 0 Å².